The molecule has 0 saturated heterocycles. The molecule has 2 aromatic carbocycles. The van der Waals surface area contributed by atoms with Gasteiger partial charge in [-0.05, 0) is 42.5 Å². The second-order valence-electron chi connectivity index (χ2n) is 4.50. The van der Waals surface area contributed by atoms with Crippen LogP contribution in [0.2, 0.25) is 0 Å². The Morgan fingerprint density at radius 3 is 2.64 bits per heavy atom. The maximum absolute atomic E-state index is 12.8. The highest BCUT2D eigenvalue weighted by atomic mass is 32.1. The first-order valence-corrected chi connectivity index (χ1v) is 6.82. The first-order chi connectivity index (χ1) is 10.6. The van der Waals surface area contributed by atoms with Crippen LogP contribution in [-0.4, -0.2) is 15.2 Å². The van der Waals surface area contributed by atoms with Crippen LogP contribution in [0.3, 0.4) is 0 Å². The number of hydrogen-bond donors (Lipinski definition) is 3. The molecule has 3 rings (SSSR count). The van der Waals surface area contributed by atoms with Gasteiger partial charge in [-0.25, -0.2) is 4.39 Å². The number of azo groups is 1. The molecule has 22 heavy (non-hydrogen) atoms. The van der Waals surface area contributed by atoms with Crippen molar-refractivity contribution >= 4 is 39.6 Å². The molecule has 1 heterocycles. The Morgan fingerprint density at radius 2 is 1.86 bits per heavy atom. The Hall–Kier alpha value is -2.80. The van der Waals surface area contributed by atoms with Crippen molar-refractivity contribution in [2.45, 2.75) is 0 Å². The van der Waals surface area contributed by atoms with Crippen molar-refractivity contribution in [2.24, 2.45) is 10.2 Å². The van der Waals surface area contributed by atoms with Gasteiger partial charge in [0.15, 0.2) is 5.69 Å². The number of thiocarbonyl (C=S) groups is 1. The van der Waals surface area contributed by atoms with E-state index in [1.165, 1.54) is 12.1 Å². The van der Waals surface area contributed by atoms with Gasteiger partial charge in [-0.2, -0.15) is 0 Å². The minimum Gasteiger partial charge on any atom is -0.493 e. The number of nitrogens with one attached hydrogen (secondary N) is 2. The predicted molar refractivity (Wildman–Crippen MR) is 87.1 cm³/mol. The van der Waals surface area contributed by atoms with E-state index in [4.69, 9.17) is 12.2 Å². The molecule has 0 atom stereocenters. The highest BCUT2D eigenvalue weighted by Gasteiger charge is 2.09. The van der Waals surface area contributed by atoms with E-state index in [2.05, 4.69) is 20.5 Å². The van der Waals surface area contributed by atoms with Crippen LogP contribution in [0, 0.1) is 5.82 Å². The zero-order valence-electron chi connectivity index (χ0n) is 11.2. The topological polar surface area (TPSA) is 72.8 Å². The van der Waals surface area contributed by atoms with Crippen LogP contribution < -0.4 is 5.32 Å². The van der Waals surface area contributed by atoms with Crippen molar-refractivity contribution < 1.29 is 9.50 Å². The van der Waals surface area contributed by atoms with Gasteiger partial charge in [0.05, 0.1) is 5.52 Å². The number of para-hydroxylation sites is 1. The Bertz CT molecular complexity index is 858. The predicted octanol–water partition coefficient (Wildman–Crippen LogP) is 4.49. The van der Waals surface area contributed by atoms with E-state index < -0.39 is 0 Å². The highest BCUT2D eigenvalue weighted by Crippen LogP contribution is 2.35. The molecule has 0 aliphatic carbocycles. The van der Waals surface area contributed by atoms with E-state index in [9.17, 15) is 9.50 Å². The number of fused-ring (bicyclic) bond motifs is 1. The Morgan fingerprint density at radius 1 is 1.14 bits per heavy atom. The van der Waals surface area contributed by atoms with Gasteiger partial charge in [-0.3, -0.25) is 0 Å². The van der Waals surface area contributed by atoms with Gasteiger partial charge < -0.3 is 15.4 Å². The minimum atomic E-state index is -0.332. The second kappa shape index (κ2) is 5.90. The van der Waals surface area contributed by atoms with Crippen LogP contribution in [0.25, 0.3) is 10.9 Å². The smallest absolute Gasteiger partial charge is 0.218 e. The summed E-state index contributed by atoms with van der Waals surface area (Å²) in [6, 6.07) is 13.0. The molecule has 0 aliphatic heterocycles. The summed E-state index contributed by atoms with van der Waals surface area (Å²) in [5.74, 6) is -0.406. The average Bonchev–Trinajstić information content (AvgIpc) is 2.83. The number of anilines is 1. The van der Waals surface area contributed by atoms with Crippen molar-refractivity contribution in [3.8, 4) is 5.88 Å². The summed E-state index contributed by atoms with van der Waals surface area (Å²) in [5.41, 5.74) is 1.68. The van der Waals surface area contributed by atoms with E-state index in [0.717, 1.165) is 10.9 Å². The lowest BCUT2D eigenvalue weighted by molar-refractivity contribution is 0.459. The van der Waals surface area contributed by atoms with Crippen LogP contribution in [0.4, 0.5) is 15.8 Å². The molecular weight excluding hydrogens is 303 g/mol. The molecule has 1 aromatic heterocycles. The molecular formula is C15H11FN4OS. The van der Waals surface area contributed by atoms with E-state index in [0.29, 0.717) is 11.4 Å². The molecule has 0 amide bonds. The van der Waals surface area contributed by atoms with Crippen molar-refractivity contribution in [3.05, 3.63) is 54.3 Å². The SMILES string of the molecule is Oc1[nH]c2ccccc2c1N=NC(=S)Nc1ccc(F)cc1. The molecule has 0 unspecified atom stereocenters. The van der Waals surface area contributed by atoms with Gasteiger partial charge in [0, 0.05) is 11.1 Å². The molecule has 0 bridgehead atoms. The zero-order chi connectivity index (χ0) is 15.5. The second-order valence-corrected chi connectivity index (χ2v) is 4.89. The maximum atomic E-state index is 12.8. The summed E-state index contributed by atoms with van der Waals surface area (Å²) in [5, 5.41) is 21.4. The van der Waals surface area contributed by atoms with Gasteiger partial charge >= 0.3 is 0 Å². The fourth-order valence-electron chi connectivity index (χ4n) is 1.99. The molecule has 0 saturated carbocycles. The lowest BCUT2D eigenvalue weighted by Crippen LogP contribution is -2.04. The quantitative estimate of drug-likeness (QED) is 0.482. The summed E-state index contributed by atoms with van der Waals surface area (Å²) >= 11 is 5.05. The number of H-pyrrole nitrogens is 1. The molecule has 3 aromatic rings. The van der Waals surface area contributed by atoms with Crippen molar-refractivity contribution in [2.75, 3.05) is 5.32 Å². The minimum absolute atomic E-state index is 0.0745. The van der Waals surface area contributed by atoms with Crippen LogP contribution in [0.15, 0.2) is 58.8 Å². The third-order valence-corrected chi connectivity index (χ3v) is 3.18. The van der Waals surface area contributed by atoms with Gasteiger partial charge in [0.25, 0.3) is 0 Å². The van der Waals surface area contributed by atoms with Gasteiger partial charge in [-0.15, -0.1) is 10.2 Å². The van der Waals surface area contributed by atoms with Crippen LogP contribution in [-0.2, 0) is 0 Å². The summed E-state index contributed by atoms with van der Waals surface area (Å²) in [4.78, 5) is 2.80. The molecule has 0 radical (unpaired) electrons. The van der Waals surface area contributed by atoms with Crippen molar-refractivity contribution in [3.63, 3.8) is 0 Å². The van der Waals surface area contributed by atoms with Gasteiger partial charge in [0.1, 0.15) is 5.82 Å². The molecule has 5 nitrogen and oxygen atoms in total. The molecule has 0 spiro atoms. The fourth-order valence-corrected chi connectivity index (χ4v) is 2.15. The van der Waals surface area contributed by atoms with Crippen LogP contribution in [0.5, 0.6) is 5.88 Å². The van der Waals surface area contributed by atoms with Crippen molar-refractivity contribution in [1.29, 1.82) is 0 Å². The number of aromatic amines is 1. The fraction of sp³-hybridized carbons (Fsp3) is 0. The molecule has 3 N–H and O–H groups in total. The number of halogens is 1. The third-order valence-electron chi connectivity index (χ3n) is 3.00. The van der Waals surface area contributed by atoms with Crippen molar-refractivity contribution in [1.82, 2.24) is 4.98 Å². The molecule has 110 valence electrons. The summed E-state index contributed by atoms with van der Waals surface area (Å²) in [7, 11) is 0. The number of hydrogen-bond acceptors (Lipinski definition) is 3. The van der Waals surface area contributed by atoms with Gasteiger partial charge in [-0.1, -0.05) is 18.2 Å². The highest BCUT2D eigenvalue weighted by molar-refractivity contribution is 7.80. The summed E-state index contributed by atoms with van der Waals surface area (Å²) in [6.45, 7) is 0. The lowest BCUT2D eigenvalue weighted by Gasteiger charge is -2.02. The number of benzene rings is 2. The van der Waals surface area contributed by atoms with E-state index in [-0.39, 0.29) is 16.8 Å². The monoisotopic (exact) mass is 314 g/mol. The zero-order valence-corrected chi connectivity index (χ0v) is 12.1. The van der Waals surface area contributed by atoms with E-state index in [1.54, 1.807) is 12.1 Å². The largest absolute Gasteiger partial charge is 0.493 e. The first-order valence-electron chi connectivity index (χ1n) is 6.41. The molecule has 0 aliphatic rings. The number of aromatic nitrogens is 1. The Labute approximate surface area is 130 Å². The normalized spacial score (nSPS) is 11.1. The third kappa shape index (κ3) is 2.94. The first kappa shape index (κ1) is 14.2. The summed E-state index contributed by atoms with van der Waals surface area (Å²) in [6.07, 6.45) is 0. The Balaban J connectivity index is 1.79. The summed E-state index contributed by atoms with van der Waals surface area (Å²) < 4.78 is 12.8. The van der Waals surface area contributed by atoms with Crippen LogP contribution in [0.1, 0.15) is 0 Å². The van der Waals surface area contributed by atoms with E-state index in [1.807, 2.05) is 24.3 Å². The average molecular weight is 314 g/mol. The molecule has 7 heteroatoms. The standard InChI is InChI=1S/C15H11FN4OS/c16-9-5-7-10(8-6-9)17-15(22)20-19-13-11-3-1-2-4-12(11)18-14(13)21/h1-8,18,21H,(H,17,22). The number of nitrogens with zero attached hydrogens (tertiary/aromatic N) is 2. The number of aromatic hydroxyl groups is 1. The van der Waals surface area contributed by atoms with Gasteiger partial charge in [0.2, 0.25) is 11.0 Å². The van der Waals surface area contributed by atoms with E-state index >= 15 is 0 Å². The number of rotatable bonds is 2. The maximum Gasteiger partial charge on any atom is 0.218 e. The Kier molecular flexibility index (Phi) is 3.80. The van der Waals surface area contributed by atoms with Crippen LogP contribution >= 0.6 is 12.2 Å². The lowest BCUT2D eigenvalue weighted by atomic mass is 10.2. The molecule has 0 fully saturated rings.